The van der Waals surface area contributed by atoms with Gasteiger partial charge in [0.15, 0.2) is 0 Å². The van der Waals surface area contributed by atoms with Gasteiger partial charge >= 0.3 is 5.97 Å². The summed E-state index contributed by atoms with van der Waals surface area (Å²) in [5.74, 6) is 0.292. The first-order valence-electron chi connectivity index (χ1n) is 5.34. The number of hydrogen-bond donors (Lipinski definition) is 0. The van der Waals surface area contributed by atoms with Gasteiger partial charge in [-0.15, -0.1) is 0 Å². The first kappa shape index (κ1) is 12.5. The van der Waals surface area contributed by atoms with Crippen LogP contribution in [0.1, 0.15) is 33.3 Å². The molecule has 1 aromatic rings. The van der Waals surface area contributed by atoms with E-state index in [1.165, 1.54) is 6.92 Å². The Balaban J connectivity index is 2.82. The van der Waals surface area contributed by atoms with E-state index in [4.69, 9.17) is 4.74 Å². The average Bonchev–Trinajstić information content (AvgIpc) is 2.13. The van der Waals surface area contributed by atoms with Crippen molar-refractivity contribution in [3.63, 3.8) is 0 Å². The highest BCUT2D eigenvalue weighted by Crippen LogP contribution is 2.19. The third-order valence-corrected chi connectivity index (χ3v) is 1.90. The second kappa shape index (κ2) is 4.97. The molecule has 0 radical (unpaired) electrons. The summed E-state index contributed by atoms with van der Waals surface area (Å²) in [6.07, 6.45) is 4.16. The van der Waals surface area contributed by atoms with E-state index in [2.05, 4.69) is 26.8 Å². The van der Waals surface area contributed by atoms with Gasteiger partial charge in [-0.25, -0.2) is 0 Å². The lowest BCUT2D eigenvalue weighted by Gasteiger charge is -2.11. The van der Waals surface area contributed by atoms with Crippen molar-refractivity contribution in [3.05, 3.63) is 35.9 Å². The summed E-state index contributed by atoms with van der Waals surface area (Å²) in [6.45, 7) is 7.82. The van der Waals surface area contributed by atoms with E-state index in [1.54, 1.807) is 6.07 Å². The maximum absolute atomic E-state index is 10.8. The Labute approximate surface area is 96.9 Å². The van der Waals surface area contributed by atoms with Crippen LogP contribution in [0.25, 0.3) is 6.08 Å². The van der Waals surface area contributed by atoms with Gasteiger partial charge in [0.25, 0.3) is 0 Å². The smallest absolute Gasteiger partial charge is 0.308 e. The average molecular weight is 218 g/mol. The molecule has 0 saturated heterocycles. The van der Waals surface area contributed by atoms with E-state index < -0.39 is 0 Å². The second-order valence-corrected chi connectivity index (χ2v) is 4.87. The van der Waals surface area contributed by atoms with Gasteiger partial charge in [0, 0.05) is 6.92 Å². The lowest BCUT2D eigenvalue weighted by atomic mass is 9.95. The van der Waals surface area contributed by atoms with Crippen molar-refractivity contribution < 1.29 is 9.53 Å². The molecule has 0 amide bonds. The van der Waals surface area contributed by atoms with Crippen LogP contribution < -0.4 is 4.74 Å². The molecule has 86 valence electrons. The molecule has 0 fully saturated rings. The predicted octanol–water partition coefficient (Wildman–Crippen LogP) is 3.67. The highest BCUT2D eigenvalue weighted by molar-refractivity contribution is 5.69. The van der Waals surface area contributed by atoms with Crippen LogP contribution in [0.3, 0.4) is 0 Å². The fourth-order valence-corrected chi connectivity index (χ4v) is 1.19. The fourth-order valence-electron chi connectivity index (χ4n) is 1.19. The third-order valence-electron chi connectivity index (χ3n) is 1.90. The molecule has 0 bridgehead atoms. The SMILES string of the molecule is CC(=O)Oc1cccc(/C=C/C(C)(C)C)c1. The number of hydrogen-bond acceptors (Lipinski definition) is 2. The Kier molecular flexibility index (Phi) is 3.88. The Bertz CT molecular complexity index is 397. The summed E-state index contributed by atoms with van der Waals surface area (Å²) in [5, 5.41) is 0. The van der Waals surface area contributed by atoms with Crippen molar-refractivity contribution in [2.24, 2.45) is 5.41 Å². The van der Waals surface area contributed by atoms with Crippen LogP contribution in [0.4, 0.5) is 0 Å². The van der Waals surface area contributed by atoms with Crippen molar-refractivity contribution in [2.45, 2.75) is 27.7 Å². The predicted molar refractivity (Wildman–Crippen MR) is 66.2 cm³/mol. The zero-order valence-corrected chi connectivity index (χ0v) is 10.3. The molecule has 16 heavy (non-hydrogen) atoms. The van der Waals surface area contributed by atoms with E-state index in [0.29, 0.717) is 5.75 Å². The Morgan fingerprint density at radius 2 is 2.00 bits per heavy atom. The Morgan fingerprint density at radius 1 is 1.31 bits per heavy atom. The molecular weight excluding hydrogens is 200 g/mol. The summed E-state index contributed by atoms with van der Waals surface area (Å²) in [6, 6.07) is 7.48. The molecule has 0 atom stereocenters. The van der Waals surface area contributed by atoms with Crippen molar-refractivity contribution >= 4 is 12.0 Å². The lowest BCUT2D eigenvalue weighted by molar-refractivity contribution is -0.131. The monoisotopic (exact) mass is 218 g/mol. The van der Waals surface area contributed by atoms with Gasteiger partial charge in [-0.05, 0) is 23.1 Å². The zero-order chi connectivity index (χ0) is 12.2. The highest BCUT2D eigenvalue weighted by atomic mass is 16.5. The van der Waals surface area contributed by atoms with Crippen LogP contribution in [-0.2, 0) is 4.79 Å². The number of ether oxygens (including phenoxy) is 1. The first-order chi connectivity index (χ1) is 7.37. The van der Waals surface area contributed by atoms with E-state index in [1.807, 2.05) is 24.3 Å². The van der Waals surface area contributed by atoms with Crippen LogP contribution in [-0.4, -0.2) is 5.97 Å². The highest BCUT2D eigenvalue weighted by Gasteiger charge is 2.04. The minimum absolute atomic E-state index is 0.150. The number of allylic oxidation sites excluding steroid dienone is 1. The normalized spacial score (nSPS) is 11.8. The topological polar surface area (TPSA) is 26.3 Å². The first-order valence-corrected chi connectivity index (χ1v) is 5.34. The minimum atomic E-state index is -0.294. The van der Waals surface area contributed by atoms with Crippen LogP contribution in [0.5, 0.6) is 5.75 Å². The zero-order valence-electron chi connectivity index (χ0n) is 10.3. The van der Waals surface area contributed by atoms with Gasteiger partial charge in [-0.3, -0.25) is 4.79 Å². The molecule has 2 heteroatoms. The molecule has 0 aliphatic rings. The number of esters is 1. The number of carbonyl (C=O) groups is 1. The molecule has 0 aliphatic heterocycles. The standard InChI is InChI=1S/C14H18O2/c1-11(15)16-13-7-5-6-12(10-13)8-9-14(2,3)4/h5-10H,1-4H3/b9-8+. The maximum Gasteiger partial charge on any atom is 0.308 e. The lowest BCUT2D eigenvalue weighted by Crippen LogP contribution is -2.01. The van der Waals surface area contributed by atoms with Crippen molar-refractivity contribution in [2.75, 3.05) is 0 Å². The molecule has 0 unspecified atom stereocenters. The van der Waals surface area contributed by atoms with Gasteiger partial charge in [-0.1, -0.05) is 45.1 Å². The minimum Gasteiger partial charge on any atom is -0.427 e. The summed E-state index contributed by atoms with van der Waals surface area (Å²) in [4.78, 5) is 10.8. The maximum atomic E-state index is 10.8. The number of benzene rings is 1. The molecule has 1 rings (SSSR count). The third kappa shape index (κ3) is 4.78. The summed E-state index contributed by atoms with van der Waals surface area (Å²) in [7, 11) is 0. The van der Waals surface area contributed by atoms with Crippen molar-refractivity contribution in [1.82, 2.24) is 0 Å². The largest absolute Gasteiger partial charge is 0.427 e. The van der Waals surface area contributed by atoms with Crippen LogP contribution in [0.2, 0.25) is 0 Å². The number of carbonyl (C=O) groups excluding carboxylic acids is 1. The quantitative estimate of drug-likeness (QED) is 0.559. The van der Waals surface area contributed by atoms with E-state index in [-0.39, 0.29) is 11.4 Å². The molecule has 0 N–H and O–H groups in total. The molecule has 0 spiro atoms. The number of rotatable bonds is 2. The van der Waals surface area contributed by atoms with Gasteiger partial charge in [0.05, 0.1) is 0 Å². The van der Waals surface area contributed by atoms with Crippen molar-refractivity contribution in [1.29, 1.82) is 0 Å². The molecule has 1 aromatic carbocycles. The van der Waals surface area contributed by atoms with Crippen LogP contribution in [0.15, 0.2) is 30.3 Å². The van der Waals surface area contributed by atoms with E-state index in [0.717, 1.165) is 5.56 Å². The second-order valence-electron chi connectivity index (χ2n) is 4.87. The van der Waals surface area contributed by atoms with E-state index in [9.17, 15) is 4.79 Å². The Hall–Kier alpha value is -1.57. The summed E-state index contributed by atoms with van der Waals surface area (Å²) in [5.41, 5.74) is 1.19. The van der Waals surface area contributed by atoms with Gasteiger partial charge in [0.1, 0.15) is 5.75 Å². The van der Waals surface area contributed by atoms with Crippen LogP contribution in [0, 0.1) is 5.41 Å². The molecule has 0 saturated carbocycles. The van der Waals surface area contributed by atoms with Crippen molar-refractivity contribution in [3.8, 4) is 5.75 Å². The van der Waals surface area contributed by atoms with E-state index >= 15 is 0 Å². The van der Waals surface area contributed by atoms with Gasteiger partial charge < -0.3 is 4.74 Å². The molecule has 0 aliphatic carbocycles. The molecule has 0 heterocycles. The molecular formula is C14H18O2. The fraction of sp³-hybridized carbons (Fsp3) is 0.357. The van der Waals surface area contributed by atoms with Gasteiger partial charge in [-0.2, -0.15) is 0 Å². The molecule has 2 nitrogen and oxygen atoms in total. The van der Waals surface area contributed by atoms with Crippen LogP contribution >= 0.6 is 0 Å². The summed E-state index contributed by atoms with van der Waals surface area (Å²) < 4.78 is 5.01. The summed E-state index contributed by atoms with van der Waals surface area (Å²) >= 11 is 0. The van der Waals surface area contributed by atoms with Gasteiger partial charge in [0.2, 0.25) is 0 Å². The Morgan fingerprint density at radius 3 is 2.56 bits per heavy atom. The molecule has 0 aromatic heterocycles.